The lowest BCUT2D eigenvalue weighted by molar-refractivity contribution is 0.160. The van der Waals surface area contributed by atoms with Crippen LogP contribution in [-0.4, -0.2) is 17.7 Å². The maximum Gasteiger partial charge on any atom is 0.411 e. The fraction of sp³-hybridized carbons (Fsp3) is 0.286. The van der Waals surface area contributed by atoms with Gasteiger partial charge in [-0.1, -0.05) is 31.5 Å². The molecule has 0 atom stereocenters. The van der Waals surface area contributed by atoms with Gasteiger partial charge in [-0.25, -0.2) is 4.79 Å². The predicted octanol–water partition coefficient (Wildman–Crippen LogP) is 3.58. The number of rotatable bonds is 4. The minimum Gasteiger partial charge on any atom is -0.449 e. The summed E-state index contributed by atoms with van der Waals surface area (Å²) in [7, 11) is 0. The molecule has 0 radical (unpaired) electrons. The van der Waals surface area contributed by atoms with E-state index in [2.05, 4.69) is 17.2 Å². The molecular formula is C14H16N2O2. The van der Waals surface area contributed by atoms with E-state index >= 15 is 0 Å². The Labute approximate surface area is 106 Å². The van der Waals surface area contributed by atoms with Crippen molar-refractivity contribution in [2.24, 2.45) is 0 Å². The maximum absolute atomic E-state index is 11.6. The molecule has 0 unspecified atom stereocenters. The zero-order valence-corrected chi connectivity index (χ0v) is 10.3. The number of pyridine rings is 1. The molecule has 1 aromatic heterocycles. The first-order chi connectivity index (χ1) is 8.81. The van der Waals surface area contributed by atoms with Crippen LogP contribution in [0.4, 0.5) is 10.5 Å². The fourth-order valence-electron chi connectivity index (χ4n) is 1.66. The van der Waals surface area contributed by atoms with Crippen LogP contribution in [0.3, 0.4) is 0 Å². The number of para-hydroxylation sites is 1. The molecule has 0 aliphatic rings. The van der Waals surface area contributed by atoms with Crippen molar-refractivity contribution >= 4 is 22.7 Å². The third kappa shape index (κ3) is 2.97. The first-order valence-corrected chi connectivity index (χ1v) is 6.09. The minimum atomic E-state index is -0.429. The molecule has 0 saturated heterocycles. The molecule has 4 heteroatoms. The molecule has 4 nitrogen and oxygen atoms in total. The van der Waals surface area contributed by atoms with Gasteiger partial charge in [0.15, 0.2) is 0 Å². The Bertz CT molecular complexity index is 535. The highest BCUT2D eigenvalue weighted by molar-refractivity contribution is 5.97. The summed E-state index contributed by atoms with van der Waals surface area (Å²) in [5.74, 6) is 0. The van der Waals surface area contributed by atoms with Gasteiger partial charge in [-0.2, -0.15) is 0 Å². The van der Waals surface area contributed by atoms with Crippen LogP contribution in [0.2, 0.25) is 0 Å². The van der Waals surface area contributed by atoms with Crippen LogP contribution < -0.4 is 5.32 Å². The van der Waals surface area contributed by atoms with Crippen molar-refractivity contribution in [3.05, 3.63) is 36.5 Å². The molecule has 0 saturated carbocycles. The number of carbonyl (C=O) groups is 1. The normalized spacial score (nSPS) is 10.3. The van der Waals surface area contributed by atoms with Crippen LogP contribution in [0.5, 0.6) is 0 Å². The predicted molar refractivity (Wildman–Crippen MR) is 71.6 cm³/mol. The van der Waals surface area contributed by atoms with E-state index in [0.29, 0.717) is 12.3 Å². The average Bonchev–Trinajstić information content (AvgIpc) is 2.39. The lowest BCUT2D eigenvalue weighted by Crippen LogP contribution is -2.14. The number of anilines is 1. The smallest absolute Gasteiger partial charge is 0.411 e. The van der Waals surface area contributed by atoms with Crippen molar-refractivity contribution in [1.82, 2.24) is 4.98 Å². The van der Waals surface area contributed by atoms with E-state index in [1.807, 2.05) is 30.3 Å². The van der Waals surface area contributed by atoms with Gasteiger partial charge in [0, 0.05) is 11.6 Å². The number of carbonyl (C=O) groups excluding carboxylic acids is 1. The Hall–Kier alpha value is -2.10. The number of hydrogen-bond acceptors (Lipinski definition) is 3. The number of benzene rings is 1. The summed E-state index contributed by atoms with van der Waals surface area (Å²) < 4.78 is 5.06. The van der Waals surface area contributed by atoms with Crippen molar-refractivity contribution in [3.63, 3.8) is 0 Å². The minimum absolute atomic E-state index is 0.429. The molecule has 0 spiro atoms. The molecule has 2 aromatic rings. The number of amides is 1. The Morgan fingerprint density at radius 2 is 2.17 bits per heavy atom. The number of aromatic nitrogens is 1. The van der Waals surface area contributed by atoms with Gasteiger partial charge in [-0.15, -0.1) is 0 Å². The first kappa shape index (κ1) is 12.4. The number of hydrogen-bond donors (Lipinski definition) is 1. The molecule has 1 aromatic carbocycles. The molecule has 18 heavy (non-hydrogen) atoms. The van der Waals surface area contributed by atoms with Gasteiger partial charge < -0.3 is 4.74 Å². The van der Waals surface area contributed by atoms with Gasteiger partial charge in [0.05, 0.1) is 17.8 Å². The van der Waals surface area contributed by atoms with Gasteiger partial charge in [-0.3, -0.25) is 10.3 Å². The molecule has 0 aliphatic heterocycles. The largest absolute Gasteiger partial charge is 0.449 e. The third-order valence-corrected chi connectivity index (χ3v) is 2.60. The second-order valence-corrected chi connectivity index (χ2v) is 4.00. The van der Waals surface area contributed by atoms with Gasteiger partial charge >= 0.3 is 6.09 Å². The first-order valence-electron chi connectivity index (χ1n) is 6.09. The number of unbranched alkanes of at least 4 members (excludes halogenated alkanes) is 1. The standard InChI is InChI=1S/C14H16N2O2/c1-2-3-10-18-14(17)16-12-8-4-6-11-7-5-9-15-13(11)12/h4-9H,2-3,10H2,1H3,(H,16,17). The molecular weight excluding hydrogens is 228 g/mol. The Balaban J connectivity index is 2.09. The summed E-state index contributed by atoms with van der Waals surface area (Å²) >= 11 is 0. The van der Waals surface area contributed by atoms with E-state index in [0.717, 1.165) is 23.7 Å². The summed E-state index contributed by atoms with van der Waals surface area (Å²) in [6, 6.07) is 9.47. The summed E-state index contributed by atoms with van der Waals surface area (Å²) in [4.78, 5) is 15.8. The van der Waals surface area contributed by atoms with E-state index in [-0.39, 0.29) is 0 Å². The summed E-state index contributed by atoms with van der Waals surface area (Å²) in [5.41, 5.74) is 1.45. The number of ether oxygens (including phenoxy) is 1. The molecule has 1 heterocycles. The van der Waals surface area contributed by atoms with Crippen molar-refractivity contribution in [2.45, 2.75) is 19.8 Å². The van der Waals surface area contributed by atoms with Crippen molar-refractivity contribution in [3.8, 4) is 0 Å². The van der Waals surface area contributed by atoms with E-state index in [4.69, 9.17) is 4.74 Å². The van der Waals surface area contributed by atoms with Crippen molar-refractivity contribution in [1.29, 1.82) is 0 Å². The highest BCUT2D eigenvalue weighted by Gasteiger charge is 2.06. The molecule has 0 bridgehead atoms. The van der Waals surface area contributed by atoms with Crippen LogP contribution in [0.15, 0.2) is 36.5 Å². The molecule has 2 rings (SSSR count). The molecule has 1 N–H and O–H groups in total. The topological polar surface area (TPSA) is 51.2 Å². The third-order valence-electron chi connectivity index (χ3n) is 2.60. The molecule has 1 amide bonds. The van der Waals surface area contributed by atoms with E-state index in [1.54, 1.807) is 6.20 Å². The molecule has 94 valence electrons. The zero-order valence-electron chi connectivity index (χ0n) is 10.3. The van der Waals surface area contributed by atoms with Crippen LogP contribution in [0.25, 0.3) is 10.9 Å². The summed E-state index contributed by atoms with van der Waals surface area (Å²) in [6.45, 7) is 2.50. The van der Waals surface area contributed by atoms with Crippen LogP contribution in [0, 0.1) is 0 Å². The second-order valence-electron chi connectivity index (χ2n) is 4.00. The SMILES string of the molecule is CCCCOC(=O)Nc1cccc2cccnc12. The van der Waals surface area contributed by atoms with E-state index in [9.17, 15) is 4.79 Å². The maximum atomic E-state index is 11.6. The average molecular weight is 244 g/mol. The Kier molecular flexibility index (Phi) is 4.12. The van der Waals surface area contributed by atoms with Gasteiger partial charge in [0.25, 0.3) is 0 Å². The van der Waals surface area contributed by atoms with E-state index in [1.165, 1.54) is 0 Å². The van der Waals surface area contributed by atoms with Crippen LogP contribution >= 0.6 is 0 Å². The zero-order chi connectivity index (χ0) is 12.8. The van der Waals surface area contributed by atoms with Crippen molar-refractivity contribution in [2.75, 3.05) is 11.9 Å². The second kappa shape index (κ2) is 6.00. The highest BCUT2D eigenvalue weighted by atomic mass is 16.5. The summed E-state index contributed by atoms with van der Waals surface area (Å²) in [5, 5.41) is 3.71. The molecule has 0 fully saturated rings. The Morgan fingerprint density at radius 3 is 3.00 bits per heavy atom. The summed E-state index contributed by atoms with van der Waals surface area (Å²) in [6.07, 6.45) is 3.15. The quantitative estimate of drug-likeness (QED) is 0.836. The monoisotopic (exact) mass is 244 g/mol. The lowest BCUT2D eigenvalue weighted by atomic mass is 10.2. The van der Waals surface area contributed by atoms with Gasteiger partial charge in [0.1, 0.15) is 0 Å². The number of fused-ring (bicyclic) bond motifs is 1. The van der Waals surface area contributed by atoms with Crippen LogP contribution in [-0.2, 0) is 4.74 Å². The fourth-order valence-corrected chi connectivity index (χ4v) is 1.66. The van der Waals surface area contributed by atoms with Gasteiger partial charge in [-0.05, 0) is 18.6 Å². The number of nitrogens with zero attached hydrogens (tertiary/aromatic N) is 1. The molecule has 0 aliphatic carbocycles. The van der Waals surface area contributed by atoms with E-state index < -0.39 is 6.09 Å². The number of nitrogens with one attached hydrogen (secondary N) is 1. The van der Waals surface area contributed by atoms with Crippen LogP contribution in [0.1, 0.15) is 19.8 Å². The van der Waals surface area contributed by atoms with Crippen molar-refractivity contribution < 1.29 is 9.53 Å². The highest BCUT2D eigenvalue weighted by Crippen LogP contribution is 2.20. The lowest BCUT2D eigenvalue weighted by Gasteiger charge is -2.08. The Morgan fingerprint density at radius 1 is 1.33 bits per heavy atom. The van der Waals surface area contributed by atoms with Gasteiger partial charge in [0.2, 0.25) is 0 Å².